The summed E-state index contributed by atoms with van der Waals surface area (Å²) in [5, 5.41) is 12.1. The first-order valence-electron chi connectivity index (χ1n) is 5.22. The third-order valence-corrected chi connectivity index (χ3v) is 5.22. The van der Waals surface area contributed by atoms with Gasteiger partial charge in [-0.05, 0) is 41.1 Å². The summed E-state index contributed by atoms with van der Waals surface area (Å²) >= 11 is 12.0. The zero-order chi connectivity index (χ0) is 13.8. The lowest BCUT2D eigenvalue weighted by Crippen LogP contribution is -2.13. The van der Waals surface area contributed by atoms with Gasteiger partial charge >= 0.3 is 0 Å². The standard InChI is InChI=1S/C11H9BrClN3OS2/c1-6-15-16-11(19-6)18-5-10(17)14-7-2-3-9(13)8(12)4-7/h2-4H,5H2,1H3,(H,14,17). The van der Waals surface area contributed by atoms with Crippen molar-refractivity contribution in [3.8, 4) is 0 Å². The molecule has 0 bridgehead atoms. The van der Waals surface area contributed by atoms with Crippen LogP contribution >= 0.6 is 50.6 Å². The van der Waals surface area contributed by atoms with Crippen LogP contribution in [0.25, 0.3) is 0 Å². The van der Waals surface area contributed by atoms with Crippen LogP contribution in [0.1, 0.15) is 5.01 Å². The zero-order valence-corrected chi connectivity index (χ0v) is 13.8. The minimum Gasteiger partial charge on any atom is -0.325 e. The molecule has 8 heteroatoms. The predicted molar refractivity (Wildman–Crippen MR) is 83.2 cm³/mol. The molecule has 0 saturated carbocycles. The summed E-state index contributed by atoms with van der Waals surface area (Å²) in [5.41, 5.74) is 0.704. The van der Waals surface area contributed by atoms with Gasteiger partial charge in [0.2, 0.25) is 5.91 Å². The fraction of sp³-hybridized carbons (Fsp3) is 0.182. The first kappa shape index (κ1) is 14.8. The van der Waals surface area contributed by atoms with E-state index < -0.39 is 0 Å². The number of rotatable bonds is 4. The summed E-state index contributed by atoms with van der Waals surface area (Å²) in [4.78, 5) is 11.8. The second-order valence-corrected chi connectivity index (χ2v) is 7.22. The topological polar surface area (TPSA) is 54.9 Å². The average molecular weight is 379 g/mol. The van der Waals surface area contributed by atoms with Gasteiger partial charge in [0, 0.05) is 10.2 Å². The number of benzene rings is 1. The van der Waals surface area contributed by atoms with E-state index in [9.17, 15) is 4.79 Å². The highest BCUT2D eigenvalue weighted by Gasteiger charge is 2.07. The maximum Gasteiger partial charge on any atom is 0.234 e. The average Bonchev–Trinajstić information content (AvgIpc) is 2.77. The number of aromatic nitrogens is 2. The van der Waals surface area contributed by atoms with Crippen LogP contribution in [0.5, 0.6) is 0 Å². The summed E-state index contributed by atoms with van der Waals surface area (Å²) in [6, 6.07) is 5.24. The molecule has 0 aliphatic carbocycles. The van der Waals surface area contributed by atoms with E-state index in [1.807, 2.05) is 6.92 Å². The fourth-order valence-corrected chi connectivity index (χ4v) is 3.35. The number of aryl methyl sites for hydroxylation is 1. The van der Waals surface area contributed by atoms with Crippen molar-refractivity contribution in [1.82, 2.24) is 10.2 Å². The first-order valence-corrected chi connectivity index (χ1v) is 8.19. The molecule has 0 unspecified atom stereocenters. The molecule has 0 fully saturated rings. The highest BCUT2D eigenvalue weighted by molar-refractivity contribution is 9.10. The molecule has 100 valence electrons. The number of thioether (sulfide) groups is 1. The molecule has 0 aliphatic rings. The van der Waals surface area contributed by atoms with Gasteiger partial charge in [-0.25, -0.2) is 0 Å². The number of anilines is 1. The summed E-state index contributed by atoms with van der Waals surface area (Å²) in [6.07, 6.45) is 0. The maximum atomic E-state index is 11.8. The predicted octanol–water partition coefficient (Wildman–Crippen LogP) is 3.99. The van der Waals surface area contributed by atoms with Crippen molar-refractivity contribution in [2.45, 2.75) is 11.3 Å². The Hall–Kier alpha value is -0.630. The van der Waals surface area contributed by atoms with Crippen LogP contribution in [0.3, 0.4) is 0 Å². The van der Waals surface area contributed by atoms with Gasteiger partial charge in [-0.2, -0.15) is 0 Å². The monoisotopic (exact) mass is 377 g/mol. The second-order valence-electron chi connectivity index (χ2n) is 3.55. The van der Waals surface area contributed by atoms with Gasteiger partial charge in [0.1, 0.15) is 5.01 Å². The van der Waals surface area contributed by atoms with Crippen LogP contribution < -0.4 is 5.32 Å². The van der Waals surface area contributed by atoms with Crippen LogP contribution in [0, 0.1) is 6.92 Å². The SMILES string of the molecule is Cc1nnc(SCC(=O)Nc2ccc(Cl)c(Br)c2)s1. The van der Waals surface area contributed by atoms with Crippen LogP contribution in [-0.2, 0) is 4.79 Å². The minimum atomic E-state index is -0.0907. The van der Waals surface area contributed by atoms with Crippen molar-refractivity contribution >= 4 is 62.2 Å². The third-order valence-electron chi connectivity index (χ3n) is 2.04. The van der Waals surface area contributed by atoms with E-state index in [-0.39, 0.29) is 5.91 Å². The Bertz CT molecular complexity index is 605. The molecule has 0 spiro atoms. The molecule has 1 amide bonds. The lowest BCUT2D eigenvalue weighted by Gasteiger charge is -2.05. The first-order chi connectivity index (χ1) is 9.04. The molecule has 2 aromatic rings. The van der Waals surface area contributed by atoms with Crippen LogP contribution in [0.2, 0.25) is 5.02 Å². The van der Waals surface area contributed by atoms with Gasteiger partial charge in [0.15, 0.2) is 4.34 Å². The van der Waals surface area contributed by atoms with E-state index in [0.29, 0.717) is 16.5 Å². The Morgan fingerprint density at radius 2 is 2.32 bits per heavy atom. The molecule has 0 aliphatic heterocycles. The zero-order valence-electron chi connectivity index (χ0n) is 9.81. The minimum absolute atomic E-state index is 0.0907. The largest absolute Gasteiger partial charge is 0.325 e. The second kappa shape index (κ2) is 6.69. The van der Waals surface area contributed by atoms with E-state index in [0.717, 1.165) is 13.8 Å². The molecular weight excluding hydrogens is 370 g/mol. The van der Waals surface area contributed by atoms with Gasteiger partial charge in [0.25, 0.3) is 0 Å². The number of halogens is 2. The quantitative estimate of drug-likeness (QED) is 0.817. The third kappa shape index (κ3) is 4.45. The Balaban J connectivity index is 1.88. The highest BCUT2D eigenvalue weighted by Crippen LogP contribution is 2.26. The molecule has 0 radical (unpaired) electrons. The molecule has 4 nitrogen and oxygen atoms in total. The normalized spacial score (nSPS) is 10.5. The molecule has 1 aromatic heterocycles. The number of carbonyl (C=O) groups is 1. The molecule has 1 aromatic carbocycles. The van der Waals surface area contributed by atoms with Crippen molar-refractivity contribution in [3.05, 3.63) is 32.7 Å². The van der Waals surface area contributed by atoms with E-state index >= 15 is 0 Å². The van der Waals surface area contributed by atoms with Crippen molar-refractivity contribution in [1.29, 1.82) is 0 Å². The summed E-state index contributed by atoms with van der Waals surface area (Å²) in [5.74, 6) is 0.210. The van der Waals surface area contributed by atoms with E-state index in [2.05, 4.69) is 31.4 Å². The number of nitrogens with zero attached hydrogens (tertiary/aromatic N) is 2. The Morgan fingerprint density at radius 3 is 2.95 bits per heavy atom. The van der Waals surface area contributed by atoms with E-state index in [1.165, 1.54) is 23.1 Å². The van der Waals surface area contributed by atoms with Gasteiger partial charge in [0.05, 0.1) is 10.8 Å². The maximum absolute atomic E-state index is 11.8. The smallest absolute Gasteiger partial charge is 0.234 e. The van der Waals surface area contributed by atoms with Crippen molar-refractivity contribution in [2.24, 2.45) is 0 Å². The van der Waals surface area contributed by atoms with E-state index in [4.69, 9.17) is 11.6 Å². The molecule has 1 heterocycles. The number of hydrogen-bond acceptors (Lipinski definition) is 5. The van der Waals surface area contributed by atoms with Gasteiger partial charge < -0.3 is 5.32 Å². The number of amides is 1. The summed E-state index contributed by atoms with van der Waals surface area (Å²) in [7, 11) is 0. The fourth-order valence-electron chi connectivity index (χ4n) is 1.23. The lowest BCUT2D eigenvalue weighted by atomic mass is 10.3. The van der Waals surface area contributed by atoms with Gasteiger partial charge in [-0.1, -0.05) is 34.7 Å². The van der Waals surface area contributed by atoms with Gasteiger partial charge in [-0.3, -0.25) is 4.79 Å². The molecule has 19 heavy (non-hydrogen) atoms. The van der Waals surface area contributed by atoms with Gasteiger partial charge in [-0.15, -0.1) is 10.2 Å². The van der Waals surface area contributed by atoms with E-state index in [1.54, 1.807) is 18.2 Å². The molecule has 2 rings (SSSR count). The Kier molecular flexibility index (Phi) is 5.20. The Labute approximate surface area is 132 Å². The molecule has 1 N–H and O–H groups in total. The van der Waals surface area contributed by atoms with Crippen molar-refractivity contribution in [2.75, 3.05) is 11.1 Å². The highest BCUT2D eigenvalue weighted by atomic mass is 79.9. The number of nitrogens with one attached hydrogen (secondary N) is 1. The van der Waals surface area contributed by atoms with Crippen molar-refractivity contribution < 1.29 is 4.79 Å². The Morgan fingerprint density at radius 1 is 1.53 bits per heavy atom. The summed E-state index contributed by atoms with van der Waals surface area (Å²) < 4.78 is 1.55. The van der Waals surface area contributed by atoms with Crippen LogP contribution in [-0.4, -0.2) is 21.9 Å². The molecular formula is C11H9BrClN3OS2. The van der Waals surface area contributed by atoms with Crippen molar-refractivity contribution in [3.63, 3.8) is 0 Å². The number of hydrogen-bond donors (Lipinski definition) is 1. The summed E-state index contributed by atoms with van der Waals surface area (Å²) in [6.45, 7) is 1.88. The molecule has 0 atom stereocenters. The lowest BCUT2D eigenvalue weighted by molar-refractivity contribution is -0.113. The van der Waals surface area contributed by atoms with Crippen LogP contribution in [0.4, 0.5) is 5.69 Å². The molecule has 0 saturated heterocycles. The van der Waals surface area contributed by atoms with Crippen LogP contribution in [0.15, 0.2) is 27.0 Å². The number of carbonyl (C=O) groups excluding carboxylic acids is 1.